The van der Waals surface area contributed by atoms with Gasteiger partial charge in [0, 0.05) is 35.7 Å². The molecule has 1 aromatic rings. The van der Waals surface area contributed by atoms with Gasteiger partial charge in [0.25, 0.3) is 0 Å². The van der Waals surface area contributed by atoms with Crippen LogP contribution >= 0.6 is 24.0 Å². The molecule has 0 aromatic heterocycles. The maximum atomic E-state index is 5.81. The predicted molar refractivity (Wildman–Crippen MR) is 90.8 cm³/mol. The number of hydrogen-bond donors (Lipinski definition) is 1. The zero-order valence-electron chi connectivity index (χ0n) is 12.0. The summed E-state index contributed by atoms with van der Waals surface area (Å²) in [5.74, 6) is 0.836. The lowest BCUT2D eigenvalue weighted by atomic mass is 10.2. The second-order valence-electron chi connectivity index (χ2n) is 5.26. The van der Waals surface area contributed by atoms with Crippen LogP contribution in [0, 0.1) is 0 Å². The van der Waals surface area contributed by atoms with E-state index in [-0.39, 0.29) is 0 Å². The molecule has 20 heavy (non-hydrogen) atoms. The molecule has 1 aliphatic heterocycles. The van der Waals surface area contributed by atoms with Gasteiger partial charge in [0.05, 0.1) is 0 Å². The van der Waals surface area contributed by atoms with E-state index >= 15 is 0 Å². The van der Waals surface area contributed by atoms with Crippen LogP contribution < -0.4 is 10.5 Å². The summed E-state index contributed by atoms with van der Waals surface area (Å²) in [6, 6.07) is 7.67. The highest BCUT2D eigenvalue weighted by atomic mass is 32.2. The second-order valence-corrected chi connectivity index (χ2v) is 7.58. The van der Waals surface area contributed by atoms with Crippen LogP contribution in [0.4, 0.5) is 0 Å². The Bertz CT molecular complexity index is 457. The van der Waals surface area contributed by atoms with Gasteiger partial charge in [-0.2, -0.15) is 11.8 Å². The highest BCUT2D eigenvalue weighted by molar-refractivity contribution is 8.00. The van der Waals surface area contributed by atoms with Crippen molar-refractivity contribution in [3.8, 4) is 5.75 Å². The van der Waals surface area contributed by atoms with Gasteiger partial charge in [0.15, 0.2) is 0 Å². The Morgan fingerprint density at radius 2 is 2.10 bits per heavy atom. The fourth-order valence-corrected chi connectivity index (χ4v) is 4.01. The summed E-state index contributed by atoms with van der Waals surface area (Å²) in [6.45, 7) is 8.54. The Kier molecular flexibility index (Phi) is 5.69. The minimum Gasteiger partial charge on any atom is -0.492 e. The van der Waals surface area contributed by atoms with E-state index in [1.807, 2.05) is 24.3 Å². The SMILES string of the molecule is CC1CN(CCOc2cccc(C(N)=S)c2)CC(C)S1. The summed E-state index contributed by atoms with van der Waals surface area (Å²) in [5.41, 5.74) is 6.48. The molecule has 5 heteroatoms. The monoisotopic (exact) mass is 310 g/mol. The van der Waals surface area contributed by atoms with Gasteiger partial charge >= 0.3 is 0 Å². The number of nitrogens with zero attached hydrogens (tertiary/aromatic N) is 1. The number of ether oxygens (including phenoxy) is 1. The lowest BCUT2D eigenvalue weighted by Crippen LogP contribution is -2.42. The van der Waals surface area contributed by atoms with Crippen LogP contribution in [0.5, 0.6) is 5.75 Å². The van der Waals surface area contributed by atoms with Gasteiger partial charge in [-0.15, -0.1) is 0 Å². The van der Waals surface area contributed by atoms with Crippen LogP contribution in [-0.2, 0) is 0 Å². The summed E-state index contributed by atoms with van der Waals surface area (Å²) in [7, 11) is 0. The van der Waals surface area contributed by atoms with Crippen LogP contribution in [-0.4, -0.2) is 46.6 Å². The molecule has 2 N–H and O–H groups in total. The van der Waals surface area contributed by atoms with Gasteiger partial charge in [-0.05, 0) is 12.1 Å². The van der Waals surface area contributed by atoms with E-state index in [0.717, 1.165) is 30.9 Å². The molecule has 1 fully saturated rings. The normalized spacial score (nSPS) is 23.5. The number of benzene rings is 1. The van der Waals surface area contributed by atoms with Gasteiger partial charge in [-0.25, -0.2) is 0 Å². The smallest absolute Gasteiger partial charge is 0.120 e. The predicted octanol–water partition coefficient (Wildman–Crippen LogP) is 2.53. The van der Waals surface area contributed by atoms with Crippen LogP contribution in [0.3, 0.4) is 0 Å². The van der Waals surface area contributed by atoms with Crippen LogP contribution in [0.15, 0.2) is 24.3 Å². The minimum absolute atomic E-state index is 0.408. The minimum atomic E-state index is 0.408. The van der Waals surface area contributed by atoms with Crippen molar-refractivity contribution in [3.05, 3.63) is 29.8 Å². The molecule has 0 saturated carbocycles. The quantitative estimate of drug-likeness (QED) is 0.846. The third-order valence-corrected chi connectivity index (χ3v) is 4.75. The number of thioether (sulfide) groups is 1. The van der Waals surface area contributed by atoms with E-state index in [9.17, 15) is 0 Å². The lowest BCUT2D eigenvalue weighted by molar-refractivity contribution is 0.207. The molecule has 0 aliphatic carbocycles. The summed E-state index contributed by atoms with van der Waals surface area (Å²) in [6.07, 6.45) is 0. The third kappa shape index (κ3) is 4.65. The molecule has 0 amide bonds. The van der Waals surface area contributed by atoms with Gasteiger partial charge in [-0.3, -0.25) is 4.90 Å². The molecule has 0 spiro atoms. The first-order valence-electron chi connectivity index (χ1n) is 6.95. The summed E-state index contributed by atoms with van der Waals surface area (Å²) in [5, 5.41) is 1.41. The summed E-state index contributed by atoms with van der Waals surface area (Å²) >= 11 is 7.04. The largest absolute Gasteiger partial charge is 0.492 e. The van der Waals surface area contributed by atoms with E-state index in [2.05, 4.69) is 30.5 Å². The van der Waals surface area contributed by atoms with Crippen LogP contribution in [0.2, 0.25) is 0 Å². The molecule has 3 nitrogen and oxygen atoms in total. The van der Waals surface area contributed by atoms with Crippen molar-refractivity contribution in [3.63, 3.8) is 0 Å². The van der Waals surface area contributed by atoms with E-state index in [1.165, 1.54) is 0 Å². The Morgan fingerprint density at radius 1 is 1.40 bits per heavy atom. The standard InChI is InChI=1S/C15H22N2OS2/c1-11-9-17(10-12(2)20-11)6-7-18-14-5-3-4-13(8-14)15(16)19/h3-5,8,11-12H,6-7,9-10H2,1-2H3,(H2,16,19). The average molecular weight is 310 g/mol. The Labute approximate surface area is 130 Å². The van der Waals surface area contributed by atoms with Crippen LogP contribution in [0.25, 0.3) is 0 Å². The van der Waals surface area contributed by atoms with Crippen molar-refractivity contribution >= 4 is 29.0 Å². The van der Waals surface area contributed by atoms with Crippen molar-refractivity contribution in [1.29, 1.82) is 0 Å². The van der Waals surface area contributed by atoms with E-state index in [0.29, 0.717) is 22.1 Å². The Hall–Kier alpha value is -0.780. The zero-order valence-corrected chi connectivity index (χ0v) is 13.7. The fraction of sp³-hybridized carbons (Fsp3) is 0.533. The summed E-state index contributed by atoms with van der Waals surface area (Å²) in [4.78, 5) is 2.88. The van der Waals surface area contributed by atoms with Crippen molar-refractivity contribution in [2.75, 3.05) is 26.2 Å². The highest BCUT2D eigenvalue weighted by Crippen LogP contribution is 2.24. The molecular formula is C15H22N2OS2. The molecular weight excluding hydrogens is 288 g/mol. The van der Waals surface area contributed by atoms with Gasteiger partial charge in [-0.1, -0.05) is 38.2 Å². The summed E-state index contributed by atoms with van der Waals surface area (Å²) < 4.78 is 5.81. The van der Waals surface area contributed by atoms with Gasteiger partial charge < -0.3 is 10.5 Å². The van der Waals surface area contributed by atoms with E-state index < -0.39 is 0 Å². The van der Waals surface area contributed by atoms with Crippen molar-refractivity contribution < 1.29 is 4.74 Å². The van der Waals surface area contributed by atoms with Gasteiger partial charge in [0.1, 0.15) is 17.3 Å². The van der Waals surface area contributed by atoms with Gasteiger partial charge in [0.2, 0.25) is 0 Å². The topological polar surface area (TPSA) is 38.5 Å². The fourth-order valence-electron chi connectivity index (χ4n) is 2.50. The Balaban J connectivity index is 1.81. The first-order valence-corrected chi connectivity index (χ1v) is 8.30. The van der Waals surface area contributed by atoms with E-state index in [4.69, 9.17) is 22.7 Å². The van der Waals surface area contributed by atoms with E-state index in [1.54, 1.807) is 0 Å². The van der Waals surface area contributed by atoms with Crippen molar-refractivity contribution in [2.24, 2.45) is 5.73 Å². The lowest BCUT2D eigenvalue weighted by Gasteiger charge is -2.34. The molecule has 2 unspecified atom stereocenters. The number of rotatable bonds is 5. The third-order valence-electron chi connectivity index (χ3n) is 3.29. The van der Waals surface area contributed by atoms with Crippen LogP contribution in [0.1, 0.15) is 19.4 Å². The molecule has 1 heterocycles. The number of hydrogen-bond acceptors (Lipinski definition) is 4. The molecule has 0 bridgehead atoms. The molecule has 2 rings (SSSR count). The maximum absolute atomic E-state index is 5.81. The first kappa shape index (κ1) is 15.6. The molecule has 0 radical (unpaired) electrons. The van der Waals surface area contributed by atoms with Crippen molar-refractivity contribution in [2.45, 2.75) is 24.3 Å². The van der Waals surface area contributed by atoms with Crippen molar-refractivity contribution in [1.82, 2.24) is 4.90 Å². The molecule has 1 aliphatic rings. The average Bonchev–Trinajstić information content (AvgIpc) is 2.38. The molecule has 1 saturated heterocycles. The number of thiocarbonyl (C=S) groups is 1. The molecule has 1 aromatic carbocycles. The second kappa shape index (κ2) is 7.29. The molecule has 110 valence electrons. The highest BCUT2D eigenvalue weighted by Gasteiger charge is 2.21. The first-order chi connectivity index (χ1) is 9.54. The number of nitrogens with two attached hydrogens (primary N) is 1. The maximum Gasteiger partial charge on any atom is 0.120 e. The zero-order chi connectivity index (χ0) is 14.5. The molecule has 2 atom stereocenters. The Morgan fingerprint density at radius 3 is 2.75 bits per heavy atom.